The molecule has 1 radical (unpaired) electrons. The van der Waals surface area contributed by atoms with E-state index in [-0.39, 0.29) is 5.56 Å². The molecule has 0 aliphatic heterocycles. The number of benzene rings is 1. The summed E-state index contributed by atoms with van der Waals surface area (Å²) in [6.07, 6.45) is -7.75. The van der Waals surface area contributed by atoms with Crippen LogP contribution in [0.25, 0.3) is 0 Å². The van der Waals surface area contributed by atoms with E-state index in [1.54, 1.807) is 0 Å². The van der Waals surface area contributed by atoms with Gasteiger partial charge in [-0.3, -0.25) is 4.98 Å². The number of hydrogen-bond acceptors (Lipinski definition) is 4. The Kier molecular flexibility index (Phi) is 4.50. The van der Waals surface area contributed by atoms with Crippen LogP contribution < -0.4 is 9.47 Å². The van der Waals surface area contributed by atoms with Gasteiger partial charge in [0.05, 0.1) is 5.51 Å². The van der Waals surface area contributed by atoms with Gasteiger partial charge >= 0.3 is 12.7 Å². The molecule has 0 saturated heterocycles. The van der Waals surface area contributed by atoms with Crippen LogP contribution in [0, 0.1) is 6.42 Å². The zero-order valence-corrected chi connectivity index (χ0v) is 11.2. The number of rotatable bonds is 4. The maximum absolute atomic E-state index is 12.4. The molecule has 22 heavy (non-hydrogen) atoms. The summed E-state index contributed by atoms with van der Waals surface area (Å²) in [5.74, 6) is -2.15. The zero-order chi connectivity index (χ0) is 16.4. The first-order valence-corrected chi connectivity index (χ1v) is 6.40. The maximum Gasteiger partial charge on any atom is 0.573 e. The molecule has 0 aliphatic carbocycles. The molecule has 0 N–H and O–H groups in total. The number of alkyl halides is 6. The van der Waals surface area contributed by atoms with Crippen LogP contribution in [0.1, 0.15) is 10.4 Å². The number of aromatic nitrogens is 1. The molecule has 0 fully saturated rings. The molecule has 0 aliphatic rings. The Hall–Kier alpha value is -1.97. The van der Waals surface area contributed by atoms with Crippen LogP contribution >= 0.6 is 11.3 Å². The highest BCUT2D eigenvalue weighted by molar-refractivity contribution is 7.09. The van der Waals surface area contributed by atoms with E-state index in [1.165, 1.54) is 24.2 Å². The van der Waals surface area contributed by atoms with E-state index in [9.17, 15) is 26.3 Å². The molecule has 0 atom stereocenters. The third-order valence-electron chi connectivity index (χ3n) is 2.20. The highest BCUT2D eigenvalue weighted by Crippen LogP contribution is 2.40. The normalized spacial score (nSPS) is 12.3. The molecule has 0 spiro atoms. The minimum atomic E-state index is -5.17. The summed E-state index contributed by atoms with van der Waals surface area (Å²) in [6.45, 7) is 0. The third kappa shape index (κ3) is 4.79. The van der Waals surface area contributed by atoms with E-state index < -0.39 is 24.2 Å². The molecular weight excluding hydrogens is 336 g/mol. The van der Waals surface area contributed by atoms with Crippen LogP contribution in [0.4, 0.5) is 26.3 Å². The number of nitrogens with zero attached hydrogens (tertiary/aromatic N) is 1. The summed E-state index contributed by atoms with van der Waals surface area (Å²) >= 11 is 1.10. The number of halogens is 6. The molecule has 119 valence electrons. The molecule has 0 saturated carbocycles. The van der Waals surface area contributed by atoms with Crippen molar-refractivity contribution in [2.75, 3.05) is 0 Å². The van der Waals surface area contributed by atoms with Crippen LogP contribution in [-0.2, 0) is 0 Å². The molecule has 2 rings (SSSR count). The van der Waals surface area contributed by atoms with Crippen molar-refractivity contribution in [3.63, 3.8) is 0 Å². The summed E-state index contributed by atoms with van der Waals surface area (Å²) in [4.78, 5) is 4.16. The van der Waals surface area contributed by atoms with Crippen molar-refractivity contribution in [1.82, 2.24) is 4.98 Å². The lowest BCUT2D eigenvalue weighted by Gasteiger charge is -2.17. The molecule has 10 heteroatoms. The van der Waals surface area contributed by atoms with E-state index >= 15 is 0 Å². The zero-order valence-electron chi connectivity index (χ0n) is 10.4. The van der Waals surface area contributed by atoms with Crippen LogP contribution in [0.5, 0.6) is 11.5 Å². The van der Waals surface area contributed by atoms with Crippen molar-refractivity contribution >= 4 is 11.3 Å². The largest absolute Gasteiger partial charge is 0.573 e. The van der Waals surface area contributed by atoms with Gasteiger partial charge in [0.25, 0.3) is 0 Å². The second-order valence-electron chi connectivity index (χ2n) is 3.82. The van der Waals surface area contributed by atoms with Crippen molar-refractivity contribution in [2.24, 2.45) is 0 Å². The van der Waals surface area contributed by atoms with Crippen LogP contribution in [0.3, 0.4) is 0 Å². The Morgan fingerprint density at radius 2 is 1.68 bits per heavy atom. The molecule has 1 aromatic heterocycles. The quantitative estimate of drug-likeness (QED) is 0.765. The maximum atomic E-state index is 12.4. The molecule has 0 amide bonds. The lowest BCUT2D eigenvalue weighted by atomic mass is 10.1. The van der Waals surface area contributed by atoms with Crippen LogP contribution in [0.2, 0.25) is 0 Å². The fraction of sp³-hybridized carbons (Fsp3) is 0.167. The monoisotopic (exact) mass is 342 g/mol. The second-order valence-corrected chi connectivity index (χ2v) is 4.74. The van der Waals surface area contributed by atoms with Crippen LogP contribution in [-0.4, -0.2) is 17.7 Å². The Morgan fingerprint density at radius 3 is 2.23 bits per heavy atom. The van der Waals surface area contributed by atoms with E-state index in [0.717, 1.165) is 23.5 Å². The van der Waals surface area contributed by atoms with E-state index in [0.29, 0.717) is 4.88 Å². The van der Waals surface area contributed by atoms with Crippen molar-refractivity contribution in [2.45, 2.75) is 12.7 Å². The Bertz CT molecular complexity index is 624. The minimum Gasteiger partial charge on any atom is -0.402 e. The van der Waals surface area contributed by atoms with Gasteiger partial charge in [-0.2, -0.15) is 0 Å². The van der Waals surface area contributed by atoms with Gasteiger partial charge < -0.3 is 9.47 Å². The first kappa shape index (κ1) is 16.4. The smallest absolute Gasteiger partial charge is 0.402 e. The molecular formula is C12H6F6NO2S. The van der Waals surface area contributed by atoms with Crippen LogP contribution in [0.15, 0.2) is 29.9 Å². The van der Waals surface area contributed by atoms with E-state index in [4.69, 9.17) is 0 Å². The summed E-state index contributed by atoms with van der Waals surface area (Å²) < 4.78 is 81.4. The van der Waals surface area contributed by atoms with Crippen molar-refractivity contribution in [3.05, 3.63) is 46.8 Å². The average Bonchev–Trinajstić information content (AvgIpc) is 2.83. The third-order valence-corrected chi connectivity index (χ3v) is 2.92. The molecule has 1 aromatic carbocycles. The van der Waals surface area contributed by atoms with Gasteiger partial charge in [0.1, 0.15) is 0 Å². The number of thiazole rings is 1. The first-order chi connectivity index (χ1) is 10.1. The SMILES string of the molecule is FC(F)(F)Oc1cccc([CH]c2cncs2)c1OC(F)(F)F. The van der Waals surface area contributed by atoms with Gasteiger partial charge in [-0.15, -0.1) is 37.7 Å². The fourth-order valence-corrected chi connectivity index (χ4v) is 2.09. The van der Waals surface area contributed by atoms with Crippen molar-refractivity contribution in [3.8, 4) is 11.5 Å². The van der Waals surface area contributed by atoms with Gasteiger partial charge in [-0.1, -0.05) is 12.1 Å². The molecule has 0 bridgehead atoms. The Labute approximate surface area is 124 Å². The molecule has 0 unspecified atom stereocenters. The highest BCUT2D eigenvalue weighted by Gasteiger charge is 2.37. The Balaban J connectivity index is 2.40. The first-order valence-electron chi connectivity index (χ1n) is 5.52. The molecule has 1 heterocycles. The highest BCUT2D eigenvalue weighted by atomic mass is 32.1. The Morgan fingerprint density at radius 1 is 1.00 bits per heavy atom. The number of para-hydroxylation sites is 1. The van der Waals surface area contributed by atoms with Crippen molar-refractivity contribution in [1.29, 1.82) is 0 Å². The summed E-state index contributed by atoms with van der Waals surface area (Å²) in [6, 6.07) is 3.03. The summed E-state index contributed by atoms with van der Waals surface area (Å²) in [5.41, 5.74) is 1.20. The molecule has 3 nitrogen and oxygen atoms in total. The van der Waals surface area contributed by atoms with Crippen molar-refractivity contribution < 1.29 is 35.8 Å². The van der Waals surface area contributed by atoms with Gasteiger partial charge in [-0.25, -0.2) is 0 Å². The van der Waals surface area contributed by atoms with Gasteiger partial charge in [-0.05, 0) is 6.07 Å². The van der Waals surface area contributed by atoms with Gasteiger partial charge in [0.15, 0.2) is 11.5 Å². The second kappa shape index (κ2) is 6.03. The van der Waals surface area contributed by atoms with E-state index in [1.807, 2.05) is 0 Å². The predicted molar refractivity (Wildman–Crippen MR) is 64.4 cm³/mol. The molecule has 2 aromatic rings. The summed E-state index contributed by atoms with van der Waals surface area (Å²) in [7, 11) is 0. The minimum absolute atomic E-state index is 0.219. The van der Waals surface area contributed by atoms with E-state index in [2.05, 4.69) is 14.5 Å². The van der Waals surface area contributed by atoms with Gasteiger partial charge in [0, 0.05) is 23.1 Å². The number of ether oxygens (including phenoxy) is 2. The van der Waals surface area contributed by atoms with Gasteiger partial charge in [0.2, 0.25) is 0 Å². The fourth-order valence-electron chi connectivity index (χ4n) is 1.53. The standard InChI is InChI=1S/C12H6F6NO2S/c13-11(14,15)20-9-3-1-2-7(4-8-5-19-6-22-8)10(9)21-12(16,17)18/h1-6H. The lowest BCUT2D eigenvalue weighted by Crippen LogP contribution is -2.22. The summed E-state index contributed by atoms with van der Waals surface area (Å²) in [5, 5.41) is 0. The number of hydrogen-bond donors (Lipinski definition) is 0. The topological polar surface area (TPSA) is 31.4 Å². The average molecular weight is 342 g/mol. The lowest BCUT2D eigenvalue weighted by molar-refractivity contribution is -0.287. The predicted octanol–water partition coefficient (Wildman–Crippen LogP) is 4.54.